The Balaban J connectivity index is 2.61. The average Bonchev–Trinajstić information content (AvgIpc) is 2.87. The molecule has 0 saturated heterocycles. The van der Waals surface area contributed by atoms with Gasteiger partial charge in [-0.05, 0) is 18.1 Å². The number of hydrogen-bond acceptors (Lipinski definition) is 4. The molecule has 1 rings (SSSR count). The number of aromatic nitrogens is 2. The van der Waals surface area contributed by atoms with Crippen molar-refractivity contribution in [3.63, 3.8) is 0 Å². The van der Waals surface area contributed by atoms with Gasteiger partial charge in [0.05, 0.1) is 12.4 Å². The van der Waals surface area contributed by atoms with Crippen molar-refractivity contribution in [2.24, 2.45) is 11.7 Å². The van der Waals surface area contributed by atoms with Crippen LogP contribution >= 0.6 is 11.8 Å². The van der Waals surface area contributed by atoms with Crippen LogP contribution in [0.5, 0.6) is 0 Å². The first kappa shape index (κ1) is 17.0. The lowest BCUT2D eigenvalue weighted by Crippen LogP contribution is -2.49. The van der Waals surface area contributed by atoms with E-state index < -0.39 is 0 Å². The molecule has 0 unspecified atom stereocenters. The van der Waals surface area contributed by atoms with E-state index in [2.05, 4.69) is 36.1 Å². The number of amides is 1. The molecule has 4 N–H and O–H groups in total. The van der Waals surface area contributed by atoms with Gasteiger partial charge in [0.15, 0.2) is 0 Å². The Morgan fingerprint density at radius 1 is 1.55 bits per heavy atom. The number of carbonyl (C=O) groups is 1. The monoisotopic (exact) mass is 298 g/mol. The van der Waals surface area contributed by atoms with Crippen molar-refractivity contribution in [1.82, 2.24) is 15.3 Å². The summed E-state index contributed by atoms with van der Waals surface area (Å²) in [5.74, 6) is 2.36. The normalized spacial score (nSPS) is 14.4. The second kappa shape index (κ2) is 9.02. The van der Waals surface area contributed by atoms with Crippen LogP contribution in [0.25, 0.3) is 0 Å². The molecule has 0 bridgehead atoms. The van der Waals surface area contributed by atoms with Gasteiger partial charge in [-0.25, -0.2) is 4.98 Å². The Kier molecular flexibility index (Phi) is 7.69. The van der Waals surface area contributed by atoms with Crippen LogP contribution in [0.15, 0.2) is 12.5 Å². The van der Waals surface area contributed by atoms with E-state index in [-0.39, 0.29) is 11.9 Å². The molecule has 0 aliphatic heterocycles. The molecule has 1 aromatic rings. The Labute approximate surface area is 125 Å². The van der Waals surface area contributed by atoms with Gasteiger partial charge in [0.25, 0.3) is 0 Å². The van der Waals surface area contributed by atoms with E-state index in [0.717, 1.165) is 23.6 Å². The summed E-state index contributed by atoms with van der Waals surface area (Å²) < 4.78 is 0. The molecule has 5 nitrogen and oxygen atoms in total. The molecule has 6 heteroatoms. The highest BCUT2D eigenvalue weighted by Gasteiger charge is 2.21. The zero-order valence-electron chi connectivity index (χ0n) is 12.6. The second-order valence-electron chi connectivity index (χ2n) is 5.39. The molecule has 20 heavy (non-hydrogen) atoms. The molecule has 114 valence electrons. The summed E-state index contributed by atoms with van der Waals surface area (Å²) in [4.78, 5) is 18.6. The van der Waals surface area contributed by atoms with Crippen molar-refractivity contribution in [2.45, 2.75) is 45.7 Å². The maximum atomic E-state index is 11.6. The van der Waals surface area contributed by atoms with Crippen molar-refractivity contribution < 1.29 is 4.79 Å². The van der Waals surface area contributed by atoms with Crippen LogP contribution in [-0.4, -0.2) is 39.5 Å². The van der Waals surface area contributed by atoms with Crippen LogP contribution in [0.3, 0.4) is 0 Å². The third-order valence-corrected chi connectivity index (χ3v) is 4.08. The van der Waals surface area contributed by atoms with E-state index in [4.69, 9.17) is 5.73 Å². The molecule has 0 aromatic carbocycles. The van der Waals surface area contributed by atoms with Gasteiger partial charge < -0.3 is 16.0 Å². The van der Waals surface area contributed by atoms with Crippen LogP contribution < -0.4 is 11.1 Å². The number of hydrogen-bond donors (Lipinski definition) is 3. The molecular formula is C14H26N4OS. The second-order valence-corrected chi connectivity index (χ2v) is 6.71. The highest BCUT2D eigenvalue weighted by molar-refractivity contribution is 7.99. The average molecular weight is 298 g/mol. The number of rotatable bonds is 10. The lowest BCUT2D eigenvalue weighted by molar-refractivity contribution is -0.120. The fourth-order valence-electron chi connectivity index (χ4n) is 2.16. The van der Waals surface area contributed by atoms with E-state index in [1.54, 1.807) is 12.5 Å². The van der Waals surface area contributed by atoms with Crippen LogP contribution in [0.1, 0.15) is 32.9 Å². The number of thioether (sulfide) groups is 1. The van der Waals surface area contributed by atoms with Crippen molar-refractivity contribution in [3.05, 3.63) is 18.2 Å². The zero-order valence-corrected chi connectivity index (χ0v) is 13.4. The SMILES string of the molecule is CCSC[C@H](CC(C)C)N[C@@H](Cc1cnc[nH]1)C(N)=O. The first-order valence-electron chi connectivity index (χ1n) is 7.13. The lowest BCUT2D eigenvalue weighted by atomic mass is 10.0. The molecule has 1 aromatic heterocycles. The van der Waals surface area contributed by atoms with Gasteiger partial charge >= 0.3 is 0 Å². The third kappa shape index (κ3) is 6.43. The molecule has 0 spiro atoms. The van der Waals surface area contributed by atoms with Crippen molar-refractivity contribution in [2.75, 3.05) is 11.5 Å². The van der Waals surface area contributed by atoms with Crippen molar-refractivity contribution >= 4 is 17.7 Å². The number of H-pyrrole nitrogens is 1. The van der Waals surface area contributed by atoms with Crippen LogP contribution in [0, 0.1) is 5.92 Å². The highest BCUT2D eigenvalue weighted by Crippen LogP contribution is 2.12. The standard InChI is InChI=1S/C14H26N4OS/c1-4-20-8-12(5-10(2)3)18-13(14(15)19)6-11-7-16-9-17-11/h7,9-10,12-13,18H,4-6,8H2,1-3H3,(H2,15,19)(H,16,17)/t12-,13-/m0/s1. The molecule has 1 heterocycles. The minimum Gasteiger partial charge on any atom is -0.368 e. The number of nitrogens with zero attached hydrogens (tertiary/aromatic N) is 1. The first-order valence-corrected chi connectivity index (χ1v) is 8.28. The highest BCUT2D eigenvalue weighted by atomic mass is 32.2. The number of nitrogens with one attached hydrogen (secondary N) is 2. The number of primary amides is 1. The molecule has 0 fully saturated rings. The molecular weight excluding hydrogens is 272 g/mol. The summed E-state index contributed by atoms with van der Waals surface area (Å²) in [5.41, 5.74) is 6.44. The van der Waals surface area contributed by atoms with E-state index in [1.807, 2.05) is 11.8 Å². The maximum Gasteiger partial charge on any atom is 0.234 e. The Hall–Kier alpha value is -1.01. The topological polar surface area (TPSA) is 83.8 Å². The Morgan fingerprint density at radius 3 is 2.80 bits per heavy atom. The summed E-state index contributed by atoms with van der Waals surface area (Å²) in [5, 5.41) is 3.41. The van der Waals surface area contributed by atoms with Gasteiger partial charge in [-0.2, -0.15) is 11.8 Å². The van der Waals surface area contributed by atoms with Gasteiger partial charge in [0.1, 0.15) is 0 Å². The predicted molar refractivity (Wildman–Crippen MR) is 84.7 cm³/mol. The quantitative estimate of drug-likeness (QED) is 0.612. The van der Waals surface area contributed by atoms with Gasteiger partial charge in [0, 0.05) is 30.1 Å². The Morgan fingerprint density at radius 2 is 2.30 bits per heavy atom. The zero-order chi connectivity index (χ0) is 15.0. The van der Waals surface area contributed by atoms with Gasteiger partial charge in [0.2, 0.25) is 5.91 Å². The number of carbonyl (C=O) groups excluding carboxylic acids is 1. The van der Waals surface area contributed by atoms with Gasteiger partial charge in [-0.1, -0.05) is 20.8 Å². The van der Waals surface area contributed by atoms with E-state index >= 15 is 0 Å². The molecule has 0 aliphatic rings. The lowest BCUT2D eigenvalue weighted by Gasteiger charge is -2.25. The molecule has 0 aliphatic carbocycles. The third-order valence-electron chi connectivity index (χ3n) is 3.04. The fraction of sp³-hybridized carbons (Fsp3) is 0.714. The van der Waals surface area contributed by atoms with Crippen molar-refractivity contribution in [1.29, 1.82) is 0 Å². The molecule has 2 atom stereocenters. The van der Waals surface area contributed by atoms with Crippen molar-refractivity contribution in [3.8, 4) is 0 Å². The summed E-state index contributed by atoms with van der Waals surface area (Å²) in [6.45, 7) is 6.53. The molecule has 1 amide bonds. The number of imidazole rings is 1. The number of aromatic amines is 1. The summed E-state index contributed by atoms with van der Waals surface area (Å²) in [6.07, 6.45) is 4.95. The summed E-state index contributed by atoms with van der Waals surface area (Å²) in [6, 6.07) is -0.0444. The van der Waals surface area contributed by atoms with Gasteiger partial charge in [-0.3, -0.25) is 4.79 Å². The first-order chi connectivity index (χ1) is 9.52. The smallest absolute Gasteiger partial charge is 0.234 e. The fourth-order valence-corrected chi connectivity index (χ4v) is 2.91. The van der Waals surface area contributed by atoms with Crippen LogP contribution in [-0.2, 0) is 11.2 Å². The van der Waals surface area contributed by atoms with E-state index in [9.17, 15) is 4.79 Å². The minimum atomic E-state index is -0.350. The minimum absolute atomic E-state index is 0.306. The van der Waals surface area contributed by atoms with Crippen LogP contribution in [0.2, 0.25) is 0 Å². The number of nitrogens with two attached hydrogens (primary N) is 1. The predicted octanol–water partition coefficient (Wildman–Crippen LogP) is 1.56. The van der Waals surface area contributed by atoms with E-state index in [0.29, 0.717) is 18.4 Å². The maximum absolute atomic E-state index is 11.6. The largest absolute Gasteiger partial charge is 0.368 e. The summed E-state index contributed by atoms with van der Waals surface area (Å²) in [7, 11) is 0. The molecule has 0 saturated carbocycles. The summed E-state index contributed by atoms with van der Waals surface area (Å²) >= 11 is 1.89. The molecule has 0 radical (unpaired) electrons. The van der Waals surface area contributed by atoms with E-state index in [1.165, 1.54) is 0 Å². The van der Waals surface area contributed by atoms with Crippen LogP contribution in [0.4, 0.5) is 0 Å². The Bertz CT molecular complexity index is 381. The van der Waals surface area contributed by atoms with Gasteiger partial charge in [-0.15, -0.1) is 0 Å².